The fourth-order valence-electron chi connectivity index (χ4n) is 0.962. The summed E-state index contributed by atoms with van der Waals surface area (Å²) in [5, 5.41) is 3.03. The third kappa shape index (κ3) is 0.848. The van der Waals surface area contributed by atoms with E-state index in [-0.39, 0.29) is 6.04 Å². The fourth-order valence-corrected chi connectivity index (χ4v) is 0.962. The first-order chi connectivity index (χ1) is 3.63. The molecule has 48 valence electrons. The van der Waals surface area contributed by atoms with E-state index in [0.717, 1.165) is 6.54 Å². The van der Waals surface area contributed by atoms with Crippen LogP contribution in [0, 0.1) is 0 Å². The Morgan fingerprint density at radius 3 is 2.50 bits per heavy atom. The van der Waals surface area contributed by atoms with Gasteiger partial charge in [-0.15, -0.1) is 0 Å². The molecule has 0 aliphatic carbocycles. The molecule has 1 heterocycles. The van der Waals surface area contributed by atoms with Gasteiger partial charge in [0.2, 0.25) is 0 Å². The van der Waals surface area contributed by atoms with Crippen molar-refractivity contribution in [2.45, 2.75) is 32.0 Å². The van der Waals surface area contributed by atoms with E-state index in [1.807, 2.05) is 6.92 Å². The van der Waals surface area contributed by atoms with Gasteiger partial charge in [-0.1, -0.05) is 0 Å². The van der Waals surface area contributed by atoms with Gasteiger partial charge >= 0.3 is 0 Å². The van der Waals surface area contributed by atoms with E-state index >= 15 is 0 Å². The zero-order valence-electron chi connectivity index (χ0n) is 5.37. The van der Waals surface area contributed by atoms with Crippen molar-refractivity contribution in [1.29, 1.82) is 0 Å². The van der Waals surface area contributed by atoms with E-state index in [2.05, 4.69) is 5.32 Å². The van der Waals surface area contributed by atoms with Crippen molar-refractivity contribution in [3.05, 3.63) is 0 Å². The molecular weight excluding hydrogens is 105 g/mol. The molecule has 1 aliphatic rings. The van der Waals surface area contributed by atoms with Crippen LogP contribution in [-0.2, 0) is 0 Å². The average molecular weight is 117 g/mol. The summed E-state index contributed by atoms with van der Waals surface area (Å²) < 4.78 is 12.9. The molecule has 2 unspecified atom stereocenters. The Labute approximate surface area is 49.3 Å². The largest absolute Gasteiger partial charge is 0.311 e. The number of alkyl halides is 1. The van der Waals surface area contributed by atoms with Crippen molar-refractivity contribution in [2.75, 3.05) is 6.54 Å². The zero-order chi connectivity index (χ0) is 6.20. The molecule has 1 nitrogen and oxygen atoms in total. The molecule has 2 atom stereocenters. The first kappa shape index (κ1) is 6.02. The van der Waals surface area contributed by atoms with Crippen molar-refractivity contribution in [2.24, 2.45) is 0 Å². The van der Waals surface area contributed by atoms with Crippen molar-refractivity contribution in [3.63, 3.8) is 0 Å². The number of rotatable bonds is 0. The summed E-state index contributed by atoms with van der Waals surface area (Å²) in [7, 11) is 0. The molecule has 0 aromatic carbocycles. The van der Waals surface area contributed by atoms with Crippen molar-refractivity contribution >= 4 is 0 Å². The van der Waals surface area contributed by atoms with Gasteiger partial charge in [0.05, 0.1) is 0 Å². The lowest BCUT2D eigenvalue weighted by molar-refractivity contribution is 0.176. The Morgan fingerprint density at radius 2 is 2.38 bits per heavy atom. The van der Waals surface area contributed by atoms with Crippen LogP contribution in [0.25, 0.3) is 0 Å². The minimum Gasteiger partial charge on any atom is -0.311 e. The number of hydrogen-bond donors (Lipinski definition) is 1. The zero-order valence-corrected chi connectivity index (χ0v) is 5.37. The molecule has 1 saturated heterocycles. The maximum Gasteiger partial charge on any atom is 0.124 e. The molecule has 1 rings (SSSR count). The average Bonchev–Trinajstić information content (AvgIpc) is 1.86. The quantitative estimate of drug-likeness (QED) is 0.501. The van der Waals surface area contributed by atoms with Gasteiger partial charge in [-0.25, -0.2) is 4.39 Å². The second kappa shape index (κ2) is 1.69. The molecule has 0 radical (unpaired) electrons. The summed E-state index contributed by atoms with van der Waals surface area (Å²) in [4.78, 5) is 0. The van der Waals surface area contributed by atoms with Gasteiger partial charge in [-0.3, -0.25) is 0 Å². The van der Waals surface area contributed by atoms with Gasteiger partial charge in [-0.05, 0) is 26.8 Å². The minimum atomic E-state index is -0.958. The summed E-state index contributed by atoms with van der Waals surface area (Å²) >= 11 is 0. The molecule has 8 heavy (non-hydrogen) atoms. The van der Waals surface area contributed by atoms with Gasteiger partial charge < -0.3 is 5.32 Å². The van der Waals surface area contributed by atoms with Crippen LogP contribution in [0.3, 0.4) is 0 Å². The standard InChI is InChI=1S/C6H12FN/c1-5-6(2,7)3-4-8-5/h5,8H,3-4H2,1-2H3. The fraction of sp³-hybridized carbons (Fsp3) is 1.00. The monoisotopic (exact) mass is 117 g/mol. The predicted molar refractivity (Wildman–Crippen MR) is 31.6 cm³/mol. The van der Waals surface area contributed by atoms with Gasteiger partial charge in [0, 0.05) is 6.04 Å². The van der Waals surface area contributed by atoms with E-state index in [0.29, 0.717) is 6.42 Å². The maximum absolute atomic E-state index is 12.9. The van der Waals surface area contributed by atoms with Crippen molar-refractivity contribution in [1.82, 2.24) is 5.32 Å². The molecule has 1 aliphatic heterocycles. The van der Waals surface area contributed by atoms with Crippen LogP contribution < -0.4 is 5.32 Å². The molecule has 1 fully saturated rings. The highest BCUT2D eigenvalue weighted by Gasteiger charge is 2.34. The Hall–Kier alpha value is -0.110. The van der Waals surface area contributed by atoms with Crippen LogP contribution in [-0.4, -0.2) is 18.3 Å². The van der Waals surface area contributed by atoms with Crippen LogP contribution in [0.2, 0.25) is 0 Å². The van der Waals surface area contributed by atoms with E-state index < -0.39 is 5.67 Å². The van der Waals surface area contributed by atoms with E-state index in [4.69, 9.17) is 0 Å². The van der Waals surface area contributed by atoms with Gasteiger partial charge in [0.15, 0.2) is 0 Å². The second-order valence-corrected chi connectivity index (χ2v) is 2.70. The molecule has 0 amide bonds. The highest BCUT2D eigenvalue weighted by atomic mass is 19.1. The lowest BCUT2D eigenvalue weighted by Gasteiger charge is -2.16. The van der Waals surface area contributed by atoms with Crippen molar-refractivity contribution in [3.8, 4) is 0 Å². The van der Waals surface area contributed by atoms with Gasteiger partial charge in [0.1, 0.15) is 5.67 Å². The molecule has 0 saturated carbocycles. The SMILES string of the molecule is CC1NCCC1(C)F. The van der Waals surface area contributed by atoms with Crippen molar-refractivity contribution < 1.29 is 4.39 Å². The lowest BCUT2D eigenvalue weighted by Crippen LogP contribution is -2.32. The number of hydrogen-bond acceptors (Lipinski definition) is 1. The highest BCUT2D eigenvalue weighted by molar-refractivity contribution is 4.91. The summed E-state index contributed by atoms with van der Waals surface area (Å²) in [6, 6.07) is 0.0440. The third-order valence-electron chi connectivity index (χ3n) is 1.97. The first-order valence-electron chi connectivity index (χ1n) is 3.05. The Balaban J connectivity index is 2.54. The van der Waals surface area contributed by atoms with E-state index in [1.165, 1.54) is 0 Å². The van der Waals surface area contributed by atoms with Crippen LogP contribution in [0.1, 0.15) is 20.3 Å². The topological polar surface area (TPSA) is 12.0 Å². The molecule has 0 aromatic heterocycles. The summed E-state index contributed by atoms with van der Waals surface area (Å²) in [5.74, 6) is 0. The predicted octanol–water partition coefficient (Wildman–Crippen LogP) is 1.10. The van der Waals surface area contributed by atoms with Gasteiger partial charge in [0.25, 0.3) is 0 Å². The normalized spacial score (nSPS) is 47.6. The molecule has 0 spiro atoms. The van der Waals surface area contributed by atoms with E-state index in [9.17, 15) is 4.39 Å². The Bertz CT molecular complexity index is 90.5. The highest BCUT2D eigenvalue weighted by Crippen LogP contribution is 2.24. The molecule has 1 N–H and O–H groups in total. The van der Waals surface area contributed by atoms with Crippen LogP contribution in [0.15, 0.2) is 0 Å². The third-order valence-corrected chi connectivity index (χ3v) is 1.97. The van der Waals surface area contributed by atoms with Gasteiger partial charge in [-0.2, -0.15) is 0 Å². The molecule has 0 bridgehead atoms. The summed E-state index contributed by atoms with van der Waals surface area (Å²) in [5.41, 5.74) is -0.958. The maximum atomic E-state index is 12.9. The first-order valence-corrected chi connectivity index (χ1v) is 3.05. The smallest absolute Gasteiger partial charge is 0.124 e. The second-order valence-electron chi connectivity index (χ2n) is 2.70. The molecule has 2 heteroatoms. The van der Waals surface area contributed by atoms with Crippen LogP contribution >= 0.6 is 0 Å². The van der Waals surface area contributed by atoms with Crippen LogP contribution in [0.4, 0.5) is 4.39 Å². The molecule has 0 aromatic rings. The van der Waals surface area contributed by atoms with Crippen LogP contribution in [0.5, 0.6) is 0 Å². The summed E-state index contributed by atoms with van der Waals surface area (Å²) in [6.45, 7) is 4.36. The minimum absolute atomic E-state index is 0.0440. The molecular formula is C6H12FN. The number of nitrogens with one attached hydrogen (secondary N) is 1. The Morgan fingerprint density at radius 1 is 1.75 bits per heavy atom. The Kier molecular flexibility index (Phi) is 1.27. The van der Waals surface area contributed by atoms with E-state index in [1.54, 1.807) is 6.92 Å². The number of halogens is 1. The lowest BCUT2D eigenvalue weighted by atomic mass is 10.0. The summed E-state index contributed by atoms with van der Waals surface area (Å²) in [6.07, 6.45) is 0.661.